The maximum atomic E-state index is 7.22. The van der Waals surface area contributed by atoms with Crippen molar-refractivity contribution in [3.63, 3.8) is 0 Å². The van der Waals surface area contributed by atoms with Gasteiger partial charge in [0.2, 0.25) is 14.8 Å². The Labute approximate surface area is 183 Å². The van der Waals surface area contributed by atoms with E-state index in [1.54, 1.807) is 0 Å². The van der Waals surface area contributed by atoms with Crippen molar-refractivity contribution in [1.29, 1.82) is 0 Å². The first-order valence-corrected chi connectivity index (χ1v) is 17.3. The van der Waals surface area contributed by atoms with Gasteiger partial charge in [-0.25, -0.2) is 0 Å². The zero-order chi connectivity index (χ0) is 20.3. The smallest absolute Gasteiger partial charge is 0.150 e. The summed E-state index contributed by atoms with van der Waals surface area (Å²) in [6.45, 7) is 4.44. The van der Waals surface area contributed by atoms with Gasteiger partial charge in [0.25, 0.3) is 0 Å². The molecule has 0 saturated heterocycles. The van der Waals surface area contributed by atoms with Crippen LogP contribution in [0.15, 0.2) is 60.7 Å². The number of halogens is 2. The molecule has 0 aliphatic rings. The lowest BCUT2D eigenvalue weighted by atomic mass is 10.2. The Morgan fingerprint density at radius 1 is 0.643 bits per heavy atom. The Morgan fingerprint density at radius 3 is 1.32 bits per heavy atom. The summed E-state index contributed by atoms with van der Waals surface area (Å²) in [6.07, 6.45) is 4.59. The van der Waals surface area contributed by atoms with Crippen LogP contribution in [0.4, 0.5) is 0 Å². The number of hydrogen-bond acceptors (Lipinski definition) is 0. The van der Waals surface area contributed by atoms with Crippen molar-refractivity contribution < 1.29 is 0 Å². The number of hydrogen-bond donors (Lipinski definition) is 0. The topological polar surface area (TPSA) is 0 Å². The average Bonchev–Trinajstić information content (AvgIpc) is 2.71. The second-order valence-electron chi connectivity index (χ2n) is 7.71. The van der Waals surface area contributed by atoms with Crippen LogP contribution in [0.3, 0.4) is 0 Å². The second-order valence-corrected chi connectivity index (χ2v) is 18.1. The summed E-state index contributed by atoms with van der Waals surface area (Å²) in [5, 5.41) is 0. The average molecular weight is 448 g/mol. The molecule has 0 bridgehead atoms. The summed E-state index contributed by atoms with van der Waals surface area (Å²) in [5.41, 5.74) is 9.86. The molecule has 2 aromatic carbocycles. The quantitative estimate of drug-likeness (QED) is 0.200. The van der Waals surface area contributed by atoms with Crippen LogP contribution in [0.5, 0.6) is 0 Å². The molecule has 150 valence electrons. The van der Waals surface area contributed by atoms with Crippen molar-refractivity contribution >= 4 is 36.9 Å². The van der Waals surface area contributed by atoms with Gasteiger partial charge in [-0.1, -0.05) is 100 Å². The normalized spacial score (nSPS) is 15.1. The maximum Gasteiger partial charge on any atom is 0.237 e. The predicted octanol–water partition coefficient (Wildman–Crippen LogP) is 7.60. The molecule has 0 radical (unpaired) electrons. The Kier molecular flexibility index (Phi) is 9.88. The first-order valence-electron chi connectivity index (χ1n) is 10.5. The summed E-state index contributed by atoms with van der Waals surface area (Å²) < 4.78 is 0. The van der Waals surface area contributed by atoms with E-state index in [0.29, 0.717) is 0 Å². The van der Waals surface area contributed by atoms with E-state index < -0.39 is 14.8 Å². The number of benzene rings is 2. The summed E-state index contributed by atoms with van der Waals surface area (Å²) >= 11 is 14.4. The summed E-state index contributed by atoms with van der Waals surface area (Å²) in [4.78, 5) is 0. The van der Waals surface area contributed by atoms with E-state index >= 15 is 0 Å². The Morgan fingerprint density at radius 2 is 1.00 bits per heavy atom. The van der Waals surface area contributed by atoms with Gasteiger partial charge in [0.15, 0.2) is 0 Å². The van der Waals surface area contributed by atoms with Gasteiger partial charge in [-0.05, 0) is 35.3 Å². The van der Waals surface area contributed by atoms with E-state index in [1.165, 1.54) is 11.1 Å². The standard InChI is InChI=1S/C24H32Cl2Si2/c1-3-5-17-27(25,21-23-13-9-7-10-14-23)19-20-28(26,18-6-4-2)22-24-15-11-8-12-16-24/h7-16H,3-6,17-18,21-22H2,1-2H3. The molecule has 0 spiro atoms. The highest BCUT2D eigenvalue weighted by Gasteiger charge is 2.33. The summed E-state index contributed by atoms with van der Waals surface area (Å²) in [7, 11) is -4.43. The van der Waals surface area contributed by atoms with Gasteiger partial charge in [-0.15, -0.1) is 33.2 Å². The van der Waals surface area contributed by atoms with Gasteiger partial charge in [0.05, 0.1) is 0 Å². The van der Waals surface area contributed by atoms with Gasteiger partial charge < -0.3 is 0 Å². The van der Waals surface area contributed by atoms with Crippen molar-refractivity contribution in [2.75, 3.05) is 0 Å². The van der Waals surface area contributed by atoms with Gasteiger partial charge in [-0.2, -0.15) is 0 Å². The summed E-state index contributed by atoms with van der Waals surface area (Å²) in [6, 6.07) is 25.0. The van der Waals surface area contributed by atoms with Crippen LogP contribution < -0.4 is 0 Å². The molecule has 0 aliphatic carbocycles. The first kappa shape index (κ1) is 23.3. The Bertz CT molecular complexity index is 691. The zero-order valence-electron chi connectivity index (χ0n) is 17.2. The molecule has 0 aliphatic heterocycles. The van der Waals surface area contributed by atoms with Gasteiger partial charge in [0.1, 0.15) is 0 Å². The van der Waals surface area contributed by atoms with Gasteiger partial charge in [-0.3, -0.25) is 0 Å². The lowest BCUT2D eigenvalue weighted by molar-refractivity contribution is 0.870. The molecule has 4 heteroatoms. The highest BCUT2D eigenvalue weighted by atomic mass is 35.6. The lowest BCUT2D eigenvalue weighted by Gasteiger charge is -2.22. The Balaban J connectivity index is 2.27. The lowest BCUT2D eigenvalue weighted by Crippen LogP contribution is -2.34. The third-order valence-corrected chi connectivity index (χ3v) is 13.1. The molecule has 2 atom stereocenters. The highest BCUT2D eigenvalue weighted by Crippen LogP contribution is 2.27. The Hall–Kier alpha value is -0.986. The minimum absolute atomic E-state index is 0.906. The molecule has 28 heavy (non-hydrogen) atoms. The molecule has 2 unspecified atom stereocenters. The third-order valence-electron chi connectivity index (χ3n) is 5.02. The van der Waals surface area contributed by atoms with Crippen LogP contribution >= 0.6 is 22.2 Å². The van der Waals surface area contributed by atoms with Crippen LogP contribution in [0.1, 0.15) is 50.7 Å². The fourth-order valence-electron chi connectivity index (χ4n) is 3.37. The van der Waals surface area contributed by atoms with E-state index in [4.69, 9.17) is 22.2 Å². The SMILES string of the molecule is CCCC[Si](Cl)(C#C[Si](Cl)(CCCC)Cc1ccccc1)Cc1ccccc1. The van der Waals surface area contributed by atoms with Crippen molar-refractivity contribution in [3.8, 4) is 11.1 Å². The number of unbranched alkanes of at least 4 members (excludes halogenated alkanes) is 2. The van der Waals surface area contributed by atoms with Gasteiger partial charge >= 0.3 is 0 Å². The van der Waals surface area contributed by atoms with E-state index in [2.05, 4.69) is 85.6 Å². The molecule has 0 saturated carbocycles. The minimum atomic E-state index is -2.22. The molecule has 0 N–H and O–H groups in total. The van der Waals surface area contributed by atoms with Crippen LogP contribution in [0.2, 0.25) is 12.1 Å². The molecule has 2 aromatic rings. The fourth-order valence-corrected chi connectivity index (χ4v) is 12.1. The monoisotopic (exact) mass is 446 g/mol. The van der Waals surface area contributed by atoms with E-state index in [1.807, 2.05) is 0 Å². The molecule has 0 nitrogen and oxygen atoms in total. The summed E-state index contributed by atoms with van der Waals surface area (Å²) in [5.74, 6) is 0. The van der Waals surface area contributed by atoms with Crippen molar-refractivity contribution in [3.05, 3.63) is 71.8 Å². The predicted molar refractivity (Wildman–Crippen MR) is 131 cm³/mol. The van der Waals surface area contributed by atoms with Gasteiger partial charge in [0, 0.05) is 0 Å². The molecular weight excluding hydrogens is 415 g/mol. The highest BCUT2D eigenvalue weighted by molar-refractivity contribution is 7.27. The molecule has 0 aromatic heterocycles. The first-order chi connectivity index (χ1) is 13.5. The van der Waals surface area contributed by atoms with E-state index in [9.17, 15) is 0 Å². The fraction of sp³-hybridized carbons (Fsp3) is 0.417. The van der Waals surface area contributed by atoms with Crippen molar-refractivity contribution in [2.45, 2.75) is 63.7 Å². The minimum Gasteiger partial charge on any atom is -0.150 e. The van der Waals surface area contributed by atoms with Crippen LogP contribution in [0.25, 0.3) is 0 Å². The van der Waals surface area contributed by atoms with Crippen LogP contribution in [-0.2, 0) is 12.1 Å². The van der Waals surface area contributed by atoms with Crippen molar-refractivity contribution in [2.24, 2.45) is 0 Å². The van der Waals surface area contributed by atoms with E-state index in [0.717, 1.165) is 49.9 Å². The molecule has 0 amide bonds. The van der Waals surface area contributed by atoms with Crippen LogP contribution in [0, 0.1) is 11.1 Å². The molecule has 0 fully saturated rings. The van der Waals surface area contributed by atoms with Crippen molar-refractivity contribution in [1.82, 2.24) is 0 Å². The van der Waals surface area contributed by atoms with Crippen LogP contribution in [-0.4, -0.2) is 14.8 Å². The maximum absolute atomic E-state index is 7.22. The number of rotatable bonds is 10. The zero-order valence-corrected chi connectivity index (χ0v) is 20.7. The molecular formula is C24H32Cl2Si2. The van der Waals surface area contributed by atoms with E-state index in [-0.39, 0.29) is 0 Å². The largest absolute Gasteiger partial charge is 0.237 e. The second kappa shape index (κ2) is 11.9. The molecule has 2 rings (SSSR count). The third kappa shape index (κ3) is 8.17. The molecule has 0 heterocycles.